The molecule has 210 valence electrons. The molecule has 0 bridgehead atoms. The summed E-state index contributed by atoms with van der Waals surface area (Å²) in [5.74, 6) is 1.74. The van der Waals surface area contributed by atoms with E-state index in [0.717, 1.165) is 22.9 Å². The quantitative estimate of drug-likeness (QED) is 0.176. The summed E-state index contributed by atoms with van der Waals surface area (Å²) >= 11 is 11.4. The average molecular weight is 657 g/mol. The average Bonchev–Trinajstić information content (AvgIpc) is 3.60. The third kappa shape index (κ3) is 7.29. The molecule has 42 heavy (non-hydrogen) atoms. The van der Waals surface area contributed by atoms with Gasteiger partial charge in [0.2, 0.25) is 0 Å². The molecule has 0 saturated heterocycles. The van der Waals surface area contributed by atoms with E-state index in [1.54, 1.807) is 0 Å². The van der Waals surface area contributed by atoms with Gasteiger partial charge in [0.15, 0.2) is 0 Å². The van der Waals surface area contributed by atoms with E-state index in [4.69, 9.17) is 0 Å². The number of benzene rings is 2. The molecule has 0 radical (unpaired) electrons. The number of thioether (sulfide) groups is 6. The minimum Gasteiger partial charge on any atom is -0.260 e. The molecule has 2 aromatic heterocycles. The molecule has 2 aromatic carbocycles. The van der Waals surface area contributed by atoms with Crippen LogP contribution in [-0.2, 0) is 11.5 Å². The summed E-state index contributed by atoms with van der Waals surface area (Å²) < 4.78 is 5.39. The molecular formula is C34H28N2S6. The predicted molar refractivity (Wildman–Crippen MR) is 194 cm³/mol. The fraction of sp³-hybridized carbons (Fsp3) is 0.118. The third-order valence-corrected chi connectivity index (χ3v) is 14.7. The first-order valence-corrected chi connectivity index (χ1v) is 18.7. The van der Waals surface area contributed by atoms with Gasteiger partial charge in [-0.3, -0.25) is 9.97 Å². The normalized spacial score (nSPS) is 17.7. The molecule has 2 nitrogen and oxygen atoms in total. The highest BCUT2D eigenvalue weighted by atomic mass is 32.2. The largest absolute Gasteiger partial charge is 0.260 e. The maximum Gasteiger partial charge on any atom is 0.0586 e. The van der Waals surface area contributed by atoms with Crippen LogP contribution in [0.25, 0.3) is 11.1 Å². The Hall–Kier alpha value is -2.20. The van der Waals surface area contributed by atoms with Gasteiger partial charge in [0, 0.05) is 44.9 Å². The zero-order chi connectivity index (χ0) is 28.7. The molecule has 0 spiro atoms. The number of nitrogens with zero attached hydrogens (tertiary/aromatic N) is 2. The highest BCUT2D eigenvalue weighted by molar-refractivity contribution is 8.36. The molecule has 4 aromatic rings. The Kier molecular flexibility index (Phi) is 10.3. The van der Waals surface area contributed by atoms with Gasteiger partial charge in [-0.1, -0.05) is 120 Å². The van der Waals surface area contributed by atoms with Gasteiger partial charge in [0.05, 0.1) is 28.3 Å². The molecule has 0 unspecified atom stereocenters. The van der Waals surface area contributed by atoms with E-state index in [2.05, 4.69) is 109 Å². The fourth-order valence-corrected chi connectivity index (χ4v) is 12.6. The molecule has 0 N–H and O–H groups in total. The zero-order valence-electron chi connectivity index (χ0n) is 23.2. The topological polar surface area (TPSA) is 25.8 Å². The fourth-order valence-electron chi connectivity index (χ4n) is 4.37. The molecule has 2 aliphatic rings. The van der Waals surface area contributed by atoms with Crippen molar-refractivity contribution >= 4 is 81.7 Å². The van der Waals surface area contributed by atoms with E-state index < -0.39 is 0 Å². The number of pyridine rings is 2. The summed E-state index contributed by atoms with van der Waals surface area (Å²) in [6.07, 6.45) is 3.75. The Bertz CT molecular complexity index is 1540. The molecule has 0 fully saturated rings. The minimum atomic E-state index is 0.868. The standard InChI is InChI=1S/C34H28N2S6/c1-23-31(37-21-27-17-9-11-19-35-27)41-33(39-23)29(25-13-5-3-6-14-25)30(26-15-7-4-8-16-26)34-40-24(2)32(42-34)38-22-28-18-10-12-20-36-28/h3-20H,21-22H2,1-2H3/b33-29-,34-30+. The van der Waals surface area contributed by atoms with E-state index in [0.29, 0.717) is 0 Å². The first-order chi connectivity index (χ1) is 20.7. The summed E-state index contributed by atoms with van der Waals surface area (Å²) in [7, 11) is 0. The molecule has 0 saturated carbocycles. The van der Waals surface area contributed by atoms with Gasteiger partial charge >= 0.3 is 0 Å². The SMILES string of the molecule is CC1=C(SCc2ccccn2)S/C(=C(\C(=C2/SC(C)=C(SCc3ccccn3)S2)c2ccccc2)c2ccccc2)S1. The summed E-state index contributed by atoms with van der Waals surface area (Å²) in [4.78, 5) is 11.8. The van der Waals surface area contributed by atoms with Crippen LogP contribution < -0.4 is 0 Å². The Morgan fingerprint density at radius 2 is 0.929 bits per heavy atom. The lowest BCUT2D eigenvalue weighted by Gasteiger charge is -2.19. The Morgan fingerprint density at radius 1 is 0.524 bits per heavy atom. The van der Waals surface area contributed by atoms with Crippen molar-refractivity contribution in [2.24, 2.45) is 0 Å². The van der Waals surface area contributed by atoms with Crippen molar-refractivity contribution in [3.8, 4) is 0 Å². The molecule has 4 heterocycles. The van der Waals surface area contributed by atoms with Crippen LogP contribution in [0.15, 0.2) is 136 Å². The monoisotopic (exact) mass is 656 g/mol. The maximum absolute atomic E-state index is 4.54. The van der Waals surface area contributed by atoms with E-state index in [1.165, 1.54) is 49.0 Å². The zero-order valence-corrected chi connectivity index (χ0v) is 28.0. The highest BCUT2D eigenvalue weighted by Gasteiger charge is 2.30. The Labute approximate surface area is 273 Å². The van der Waals surface area contributed by atoms with Gasteiger partial charge in [-0.25, -0.2) is 0 Å². The van der Waals surface area contributed by atoms with Crippen molar-refractivity contribution < 1.29 is 0 Å². The molecule has 8 heteroatoms. The number of hydrogen-bond acceptors (Lipinski definition) is 8. The van der Waals surface area contributed by atoms with Crippen molar-refractivity contribution in [3.63, 3.8) is 0 Å². The van der Waals surface area contributed by atoms with E-state index in [9.17, 15) is 0 Å². The number of rotatable bonds is 9. The van der Waals surface area contributed by atoms with Crippen molar-refractivity contribution in [3.05, 3.63) is 159 Å². The summed E-state index contributed by atoms with van der Waals surface area (Å²) in [5.41, 5.74) is 7.33. The predicted octanol–water partition coefficient (Wildman–Crippen LogP) is 11.7. The van der Waals surface area contributed by atoms with Crippen molar-refractivity contribution in [2.75, 3.05) is 0 Å². The van der Waals surface area contributed by atoms with Crippen LogP contribution >= 0.6 is 70.6 Å². The first-order valence-electron chi connectivity index (χ1n) is 13.4. The lowest BCUT2D eigenvalue weighted by molar-refractivity contribution is 1.18. The summed E-state index contributed by atoms with van der Waals surface area (Å²) in [6, 6.07) is 34.1. The second kappa shape index (κ2) is 14.5. The first kappa shape index (κ1) is 29.9. The number of aromatic nitrogens is 2. The highest BCUT2D eigenvalue weighted by Crippen LogP contribution is 2.62. The van der Waals surface area contributed by atoms with Crippen LogP contribution in [0.1, 0.15) is 36.4 Å². The molecule has 0 amide bonds. The van der Waals surface area contributed by atoms with Crippen LogP contribution in [0, 0.1) is 0 Å². The van der Waals surface area contributed by atoms with Crippen LogP contribution in [0.5, 0.6) is 0 Å². The molecule has 2 aliphatic heterocycles. The number of allylic oxidation sites excluding steroid dienone is 4. The van der Waals surface area contributed by atoms with Gasteiger partial charge in [0.1, 0.15) is 0 Å². The van der Waals surface area contributed by atoms with Crippen LogP contribution in [0.3, 0.4) is 0 Å². The molecule has 0 aliphatic carbocycles. The van der Waals surface area contributed by atoms with E-state index >= 15 is 0 Å². The van der Waals surface area contributed by atoms with Crippen molar-refractivity contribution in [1.82, 2.24) is 9.97 Å². The van der Waals surface area contributed by atoms with Crippen LogP contribution in [0.2, 0.25) is 0 Å². The van der Waals surface area contributed by atoms with E-state index in [-0.39, 0.29) is 0 Å². The van der Waals surface area contributed by atoms with Gasteiger partial charge in [-0.15, -0.1) is 23.5 Å². The smallest absolute Gasteiger partial charge is 0.0586 e. The summed E-state index contributed by atoms with van der Waals surface area (Å²) in [6.45, 7) is 4.50. The van der Waals surface area contributed by atoms with Gasteiger partial charge in [-0.05, 0) is 49.2 Å². The number of hydrogen-bond donors (Lipinski definition) is 0. The third-order valence-electron chi connectivity index (χ3n) is 6.38. The Balaban J connectivity index is 1.37. The second-order valence-electron chi connectivity index (χ2n) is 9.37. The summed E-state index contributed by atoms with van der Waals surface area (Å²) in [5, 5.41) is 0. The van der Waals surface area contributed by atoms with Crippen LogP contribution in [-0.4, -0.2) is 9.97 Å². The lowest BCUT2D eigenvalue weighted by atomic mass is 9.95. The molecular weight excluding hydrogens is 629 g/mol. The second-order valence-corrected chi connectivity index (χ2v) is 16.9. The van der Waals surface area contributed by atoms with E-state index in [1.807, 2.05) is 95.1 Å². The van der Waals surface area contributed by atoms with Gasteiger partial charge in [0.25, 0.3) is 0 Å². The molecule has 0 atom stereocenters. The maximum atomic E-state index is 4.54. The van der Waals surface area contributed by atoms with Gasteiger partial charge in [-0.2, -0.15) is 0 Å². The van der Waals surface area contributed by atoms with Gasteiger partial charge < -0.3 is 0 Å². The molecule has 6 rings (SSSR count). The minimum absolute atomic E-state index is 0.868. The van der Waals surface area contributed by atoms with Crippen molar-refractivity contribution in [2.45, 2.75) is 25.4 Å². The van der Waals surface area contributed by atoms with Crippen LogP contribution in [0.4, 0.5) is 0 Å². The lowest BCUT2D eigenvalue weighted by Crippen LogP contribution is -1.95. The van der Waals surface area contributed by atoms with Crippen molar-refractivity contribution in [1.29, 1.82) is 0 Å². The Morgan fingerprint density at radius 3 is 1.31 bits per heavy atom.